The molecule has 1 aromatic carbocycles. The average molecular weight is 375 g/mol. The predicted molar refractivity (Wildman–Crippen MR) is 103 cm³/mol. The van der Waals surface area contributed by atoms with Gasteiger partial charge in [0, 0.05) is 44.8 Å². The summed E-state index contributed by atoms with van der Waals surface area (Å²) in [5.74, 6) is -0.182. The van der Waals surface area contributed by atoms with Crippen molar-refractivity contribution in [3.05, 3.63) is 35.6 Å². The lowest BCUT2D eigenvalue weighted by molar-refractivity contribution is -0.132. The molecule has 6 heteroatoms. The maximum absolute atomic E-state index is 13.1. The van der Waals surface area contributed by atoms with Gasteiger partial charge in [0.15, 0.2) is 0 Å². The van der Waals surface area contributed by atoms with Gasteiger partial charge in [0.25, 0.3) is 5.91 Å². The normalized spacial score (nSPS) is 19.9. The Morgan fingerprint density at radius 1 is 0.741 bits per heavy atom. The second-order valence-electron chi connectivity index (χ2n) is 7.58. The molecule has 0 unspecified atom stereocenters. The van der Waals surface area contributed by atoms with Crippen LogP contribution in [0, 0.1) is 5.82 Å². The Balaban J connectivity index is 1.51. The molecule has 2 heterocycles. The van der Waals surface area contributed by atoms with Crippen molar-refractivity contribution in [2.24, 2.45) is 0 Å². The number of hydrogen-bond donors (Lipinski definition) is 0. The first-order valence-electron chi connectivity index (χ1n) is 10.2. The average Bonchev–Trinajstić information content (AvgIpc) is 2.87. The van der Waals surface area contributed by atoms with Crippen LogP contribution in [0.1, 0.15) is 48.9 Å². The molecule has 0 spiro atoms. The van der Waals surface area contributed by atoms with Crippen molar-refractivity contribution in [2.75, 3.05) is 45.8 Å². The zero-order valence-corrected chi connectivity index (χ0v) is 16.0. The quantitative estimate of drug-likeness (QED) is 0.816. The van der Waals surface area contributed by atoms with E-state index in [0.717, 1.165) is 38.9 Å². The van der Waals surface area contributed by atoms with Gasteiger partial charge >= 0.3 is 0 Å². The van der Waals surface area contributed by atoms with Gasteiger partial charge in [-0.15, -0.1) is 0 Å². The van der Waals surface area contributed by atoms with E-state index < -0.39 is 0 Å². The van der Waals surface area contributed by atoms with Crippen LogP contribution in [0.3, 0.4) is 0 Å². The van der Waals surface area contributed by atoms with Crippen LogP contribution < -0.4 is 0 Å². The summed E-state index contributed by atoms with van der Waals surface area (Å²) in [6, 6.07) is 5.70. The second-order valence-corrected chi connectivity index (χ2v) is 7.58. The van der Waals surface area contributed by atoms with Crippen LogP contribution in [-0.2, 0) is 4.79 Å². The SMILES string of the molecule is O=C(CN1CCCN(C(=O)c2ccc(F)cc2)CC1)N1CCCCCCC1. The molecular formula is C21H30FN3O2. The standard InChI is InChI=1S/C21H30FN3O2/c22-19-9-7-18(8-10-19)21(27)25-14-6-11-23(15-16-25)17-20(26)24-12-4-2-1-3-5-13-24/h7-10H,1-6,11-17H2. The van der Waals surface area contributed by atoms with E-state index in [1.165, 1.54) is 43.5 Å². The molecular weight excluding hydrogens is 345 g/mol. The van der Waals surface area contributed by atoms with Gasteiger partial charge in [-0.3, -0.25) is 14.5 Å². The maximum atomic E-state index is 13.1. The maximum Gasteiger partial charge on any atom is 0.253 e. The van der Waals surface area contributed by atoms with Crippen molar-refractivity contribution >= 4 is 11.8 Å². The Morgan fingerprint density at radius 2 is 1.37 bits per heavy atom. The molecule has 0 N–H and O–H groups in total. The topological polar surface area (TPSA) is 43.9 Å². The van der Waals surface area contributed by atoms with E-state index in [2.05, 4.69) is 4.90 Å². The predicted octanol–water partition coefficient (Wildman–Crippen LogP) is 2.77. The van der Waals surface area contributed by atoms with Crippen LogP contribution in [0.2, 0.25) is 0 Å². The smallest absolute Gasteiger partial charge is 0.253 e. The number of amides is 2. The highest BCUT2D eigenvalue weighted by Gasteiger charge is 2.23. The minimum Gasteiger partial charge on any atom is -0.342 e. The van der Waals surface area contributed by atoms with Gasteiger partial charge in [0.1, 0.15) is 5.82 Å². The molecule has 5 nitrogen and oxygen atoms in total. The summed E-state index contributed by atoms with van der Waals surface area (Å²) >= 11 is 0. The highest BCUT2D eigenvalue weighted by molar-refractivity contribution is 5.94. The van der Waals surface area contributed by atoms with Crippen LogP contribution in [0.5, 0.6) is 0 Å². The van der Waals surface area contributed by atoms with Crippen LogP contribution in [-0.4, -0.2) is 72.3 Å². The number of rotatable bonds is 3. The molecule has 148 valence electrons. The highest BCUT2D eigenvalue weighted by Crippen LogP contribution is 2.13. The zero-order chi connectivity index (χ0) is 19.1. The van der Waals surface area contributed by atoms with Crippen molar-refractivity contribution in [1.29, 1.82) is 0 Å². The van der Waals surface area contributed by atoms with E-state index in [0.29, 0.717) is 31.7 Å². The summed E-state index contributed by atoms with van der Waals surface area (Å²) in [6.07, 6.45) is 6.77. The molecule has 2 aliphatic rings. The van der Waals surface area contributed by atoms with Gasteiger partial charge in [-0.05, 0) is 43.5 Å². The molecule has 0 aromatic heterocycles. The Hall–Kier alpha value is -1.95. The van der Waals surface area contributed by atoms with Crippen molar-refractivity contribution < 1.29 is 14.0 Å². The van der Waals surface area contributed by atoms with Crippen LogP contribution in [0.4, 0.5) is 4.39 Å². The summed E-state index contributed by atoms with van der Waals surface area (Å²) in [6.45, 7) is 5.00. The Labute approximate surface area is 161 Å². The summed E-state index contributed by atoms with van der Waals surface area (Å²) in [5.41, 5.74) is 0.515. The van der Waals surface area contributed by atoms with Gasteiger partial charge in [-0.25, -0.2) is 4.39 Å². The largest absolute Gasteiger partial charge is 0.342 e. The van der Waals surface area contributed by atoms with Gasteiger partial charge in [0.05, 0.1) is 6.54 Å². The van der Waals surface area contributed by atoms with Crippen molar-refractivity contribution in [1.82, 2.24) is 14.7 Å². The first-order valence-corrected chi connectivity index (χ1v) is 10.2. The van der Waals surface area contributed by atoms with E-state index in [-0.39, 0.29) is 17.6 Å². The van der Waals surface area contributed by atoms with Crippen LogP contribution in [0.15, 0.2) is 24.3 Å². The number of carbonyl (C=O) groups excluding carboxylic acids is 2. The molecule has 0 atom stereocenters. The third-order valence-electron chi connectivity index (χ3n) is 5.53. The van der Waals surface area contributed by atoms with E-state index >= 15 is 0 Å². The van der Waals surface area contributed by atoms with Gasteiger partial charge in [0.2, 0.25) is 5.91 Å². The summed E-state index contributed by atoms with van der Waals surface area (Å²) in [4.78, 5) is 31.3. The van der Waals surface area contributed by atoms with E-state index in [1.54, 1.807) is 0 Å². The summed E-state index contributed by atoms with van der Waals surface area (Å²) < 4.78 is 13.1. The van der Waals surface area contributed by atoms with Gasteiger partial charge < -0.3 is 9.80 Å². The number of likely N-dealkylation sites (tertiary alicyclic amines) is 1. The second kappa shape index (κ2) is 9.83. The lowest BCUT2D eigenvalue weighted by Crippen LogP contribution is -2.43. The first-order chi connectivity index (χ1) is 13.1. The van der Waals surface area contributed by atoms with Gasteiger partial charge in [-0.1, -0.05) is 19.3 Å². The Morgan fingerprint density at radius 3 is 2.07 bits per heavy atom. The number of hydrogen-bond acceptors (Lipinski definition) is 3. The van der Waals surface area contributed by atoms with E-state index in [1.807, 2.05) is 9.80 Å². The number of nitrogens with zero attached hydrogens (tertiary/aromatic N) is 3. The lowest BCUT2D eigenvalue weighted by atomic mass is 10.1. The molecule has 2 amide bonds. The number of benzene rings is 1. The fourth-order valence-electron chi connectivity index (χ4n) is 3.90. The monoisotopic (exact) mass is 375 g/mol. The van der Waals surface area contributed by atoms with E-state index in [4.69, 9.17) is 0 Å². The fourth-order valence-corrected chi connectivity index (χ4v) is 3.90. The van der Waals surface area contributed by atoms with Gasteiger partial charge in [-0.2, -0.15) is 0 Å². The molecule has 2 aliphatic heterocycles. The highest BCUT2D eigenvalue weighted by atomic mass is 19.1. The van der Waals surface area contributed by atoms with Crippen molar-refractivity contribution in [2.45, 2.75) is 38.5 Å². The molecule has 2 saturated heterocycles. The number of carbonyl (C=O) groups is 2. The first kappa shape index (κ1) is 19.8. The lowest BCUT2D eigenvalue weighted by Gasteiger charge is -2.28. The van der Waals surface area contributed by atoms with E-state index in [9.17, 15) is 14.0 Å². The molecule has 1 aromatic rings. The molecule has 0 bridgehead atoms. The minimum atomic E-state index is -0.337. The fraction of sp³-hybridized carbons (Fsp3) is 0.619. The third kappa shape index (κ3) is 5.76. The Bertz CT molecular complexity index is 627. The van der Waals surface area contributed by atoms with Crippen LogP contribution in [0.25, 0.3) is 0 Å². The molecule has 3 rings (SSSR count). The molecule has 0 radical (unpaired) electrons. The van der Waals surface area contributed by atoms with Crippen molar-refractivity contribution in [3.63, 3.8) is 0 Å². The molecule has 0 saturated carbocycles. The summed E-state index contributed by atoms with van der Waals surface area (Å²) in [5, 5.41) is 0. The van der Waals surface area contributed by atoms with Crippen molar-refractivity contribution in [3.8, 4) is 0 Å². The van der Waals surface area contributed by atoms with Crippen LogP contribution >= 0.6 is 0 Å². The summed E-state index contributed by atoms with van der Waals surface area (Å²) in [7, 11) is 0. The zero-order valence-electron chi connectivity index (χ0n) is 16.0. The Kier molecular flexibility index (Phi) is 7.21. The number of halogens is 1. The molecule has 27 heavy (non-hydrogen) atoms. The molecule has 0 aliphatic carbocycles. The minimum absolute atomic E-state index is 0.0630. The molecule has 2 fully saturated rings. The third-order valence-corrected chi connectivity index (χ3v) is 5.53.